The van der Waals surface area contributed by atoms with Crippen LogP contribution in [0.4, 0.5) is 4.39 Å². The number of aromatic nitrogens is 1. The number of halogens is 2. The summed E-state index contributed by atoms with van der Waals surface area (Å²) in [5, 5.41) is 3.34. The van der Waals surface area contributed by atoms with Crippen molar-refractivity contribution in [2.24, 2.45) is 0 Å². The number of rotatable bonds is 5. The maximum absolute atomic E-state index is 13.3. The van der Waals surface area contributed by atoms with E-state index in [0.29, 0.717) is 22.1 Å². The molecule has 0 unspecified atom stereocenters. The van der Waals surface area contributed by atoms with E-state index < -0.39 is 0 Å². The smallest absolute Gasteiger partial charge is 0.222 e. The zero-order valence-corrected chi connectivity index (χ0v) is 13.9. The van der Waals surface area contributed by atoms with Crippen LogP contribution in [0, 0.1) is 12.7 Å². The first kappa shape index (κ1) is 15.9. The van der Waals surface area contributed by atoms with Gasteiger partial charge in [-0.15, -0.1) is 0 Å². The fourth-order valence-corrected chi connectivity index (χ4v) is 2.13. The molecular formula is C16H18BrFN2O. The van der Waals surface area contributed by atoms with Crippen LogP contribution in [0.15, 0.2) is 34.9 Å². The van der Waals surface area contributed by atoms with Gasteiger partial charge in [0, 0.05) is 30.4 Å². The maximum atomic E-state index is 13.3. The van der Waals surface area contributed by atoms with Crippen molar-refractivity contribution >= 4 is 15.9 Å². The number of nitrogens with one attached hydrogen (secondary N) is 1. The third-order valence-electron chi connectivity index (χ3n) is 2.90. The van der Waals surface area contributed by atoms with E-state index in [1.165, 1.54) is 12.1 Å². The minimum atomic E-state index is -0.344. The molecule has 0 saturated heterocycles. The van der Waals surface area contributed by atoms with Crippen molar-refractivity contribution in [1.82, 2.24) is 10.3 Å². The second kappa shape index (κ2) is 7.00. The van der Waals surface area contributed by atoms with Gasteiger partial charge in [-0.05, 0) is 46.6 Å². The second-order valence-electron chi connectivity index (χ2n) is 5.18. The number of aryl methyl sites for hydroxylation is 1. The SMILES string of the molecule is Cc1cc(CNC(C)C)cnc1Oc1cc(F)ccc1Br. The van der Waals surface area contributed by atoms with Crippen LogP contribution in [0.25, 0.3) is 0 Å². The molecule has 0 spiro atoms. The third-order valence-corrected chi connectivity index (χ3v) is 3.56. The zero-order chi connectivity index (χ0) is 15.4. The Labute approximate surface area is 132 Å². The molecule has 0 aliphatic heterocycles. The Morgan fingerprint density at radius 1 is 1.33 bits per heavy atom. The molecule has 1 heterocycles. The van der Waals surface area contributed by atoms with E-state index in [-0.39, 0.29) is 5.82 Å². The van der Waals surface area contributed by atoms with Crippen LogP contribution in [0.3, 0.4) is 0 Å². The summed E-state index contributed by atoms with van der Waals surface area (Å²) in [5.74, 6) is 0.553. The van der Waals surface area contributed by atoms with Crippen molar-refractivity contribution < 1.29 is 9.13 Å². The standard InChI is InChI=1S/C16H18BrFN2O/c1-10(2)19-8-12-6-11(3)16(20-9-12)21-15-7-13(18)4-5-14(15)17/h4-7,9-10,19H,8H2,1-3H3. The fourth-order valence-electron chi connectivity index (χ4n) is 1.81. The Hall–Kier alpha value is -1.46. The Morgan fingerprint density at radius 3 is 2.76 bits per heavy atom. The first-order chi connectivity index (χ1) is 9.95. The summed E-state index contributed by atoms with van der Waals surface area (Å²) in [6.45, 7) is 6.88. The van der Waals surface area contributed by atoms with Crippen LogP contribution in [0.1, 0.15) is 25.0 Å². The van der Waals surface area contributed by atoms with Crippen molar-refractivity contribution in [2.45, 2.75) is 33.4 Å². The Kier molecular flexibility index (Phi) is 5.31. The minimum absolute atomic E-state index is 0.344. The topological polar surface area (TPSA) is 34.2 Å². The van der Waals surface area contributed by atoms with Gasteiger partial charge in [0.15, 0.2) is 0 Å². The van der Waals surface area contributed by atoms with Crippen LogP contribution in [0.5, 0.6) is 11.6 Å². The third kappa shape index (κ3) is 4.51. The molecule has 2 aromatic rings. The molecular weight excluding hydrogens is 335 g/mol. The van der Waals surface area contributed by atoms with Gasteiger partial charge in [0.2, 0.25) is 5.88 Å². The van der Waals surface area contributed by atoms with E-state index in [2.05, 4.69) is 40.1 Å². The second-order valence-corrected chi connectivity index (χ2v) is 6.03. The average molecular weight is 353 g/mol. The summed E-state index contributed by atoms with van der Waals surface area (Å²) in [5.41, 5.74) is 2.00. The summed E-state index contributed by atoms with van der Waals surface area (Å²) in [4.78, 5) is 4.32. The molecule has 0 aliphatic carbocycles. The molecule has 0 saturated carbocycles. The highest BCUT2D eigenvalue weighted by atomic mass is 79.9. The highest BCUT2D eigenvalue weighted by molar-refractivity contribution is 9.10. The highest BCUT2D eigenvalue weighted by Crippen LogP contribution is 2.30. The van der Waals surface area contributed by atoms with Crippen molar-refractivity contribution in [2.75, 3.05) is 0 Å². The van der Waals surface area contributed by atoms with Crippen LogP contribution < -0.4 is 10.1 Å². The molecule has 1 aromatic carbocycles. The molecule has 5 heteroatoms. The van der Waals surface area contributed by atoms with Gasteiger partial charge in [-0.3, -0.25) is 0 Å². The maximum Gasteiger partial charge on any atom is 0.222 e. The Morgan fingerprint density at radius 2 is 2.10 bits per heavy atom. The summed E-state index contributed by atoms with van der Waals surface area (Å²) in [7, 11) is 0. The normalized spacial score (nSPS) is 11.0. The summed E-state index contributed by atoms with van der Waals surface area (Å²) >= 11 is 3.34. The number of benzene rings is 1. The predicted molar refractivity (Wildman–Crippen MR) is 85.1 cm³/mol. The van der Waals surface area contributed by atoms with Gasteiger partial charge in [0.25, 0.3) is 0 Å². The lowest BCUT2D eigenvalue weighted by Crippen LogP contribution is -2.21. The van der Waals surface area contributed by atoms with Gasteiger partial charge in [-0.1, -0.05) is 13.8 Å². The van der Waals surface area contributed by atoms with Gasteiger partial charge >= 0.3 is 0 Å². The molecule has 0 amide bonds. The quantitative estimate of drug-likeness (QED) is 0.854. The van der Waals surface area contributed by atoms with Crippen molar-refractivity contribution in [1.29, 1.82) is 0 Å². The highest BCUT2D eigenvalue weighted by Gasteiger charge is 2.09. The van der Waals surface area contributed by atoms with Crippen molar-refractivity contribution in [3.8, 4) is 11.6 Å². The summed E-state index contributed by atoms with van der Waals surface area (Å²) < 4.78 is 19.6. The van der Waals surface area contributed by atoms with Gasteiger partial charge in [0.1, 0.15) is 11.6 Å². The van der Waals surface area contributed by atoms with E-state index in [1.54, 1.807) is 12.3 Å². The van der Waals surface area contributed by atoms with Crippen molar-refractivity contribution in [3.63, 3.8) is 0 Å². The first-order valence-corrected chi connectivity index (χ1v) is 7.57. The summed E-state index contributed by atoms with van der Waals surface area (Å²) in [6.07, 6.45) is 1.77. The van der Waals surface area contributed by atoms with Crippen LogP contribution in [0.2, 0.25) is 0 Å². The first-order valence-electron chi connectivity index (χ1n) is 6.77. The van der Waals surface area contributed by atoms with E-state index in [4.69, 9.17) is 4.74 Å². The fraction of sp³-hybridized carbons (Fsp3) is 0.312. The largest absolute Gasteiger partial charge is 0.437 e. The summed E-state index contributed by atoms with van der Waals surface area (Å²) in [6, 6.07) is 6.76. The van der Waals surface area contributed by atoms with E-state index in [1.807, 2.05) is 13.0 Å². The predicted octanol–water partition coefficient (Wildman–Crippen LogP) is 4.58. The molecule has 0 bridgehead atoms. The van der Waals surface area contributed by atoms with E-state index >= 15 is 0 Å². The number of pyridine rings is 1. The number of hydrogen-bond acceptors (Lipinski definition) is 3. The van der Waals surface area contributed by atoms with E-state index in [9.17, 15) is 4.39 Å². The van der Waals surface area contributed by atoms with Gasteiger partial charge in [-0.2, -0.15) is 0 Å². The Balaban J connectivity index is 2.15. The minimum Gasteiger partial charge on any atom is -0.437 e. The zero-order valence-electron chi connectivity index (χ0n) is 12.3. The molecule has 1 aromatic heterocycles. The molecule has 112 valence electrons. The lowest BCUT2D eigenvalue weighted by Gasteiger charge is -2.12. The van der Waals surface area contributed by atoms with E-state index in [0.717, 1.165) is 17.7 Å². The lowest BCUT2D eigenvalue weighted by molar-refractivity contribution is 0.450. The van der Waals surface area contributed by atoms with Crippen molar-refractivity contribution in [3.05, 3.63) is 51.9 Å². The van der Waals surface area contributed by atoms with Gasteiger partial charge in [-0.25, -0.2) is 9.37 Å². The molecule has 0 atom stereocenters. The number of nitrogens with zero attached hydrogens (tertiary/aromatic N) is 1. The molecule has 2 rings (SSSR count). The molecule has 21 heavy (non-hydrogen) atoms. The van der Waals surface area contributed by atoms with Crippen LogP contribution >= 0.6 is 15.9 Å². The van der Waals surface area contributed by atoms with Crippen LogP contribution in [-0.4, -0.2) is 11.0 Å². The Bertz CT molecular complexity index is 632. The van der Waals surface area contributed by atoms with Crippen LogP contribution in [-0.2, 0) is 6.54 Å². The number of hydrogen-bond donors (Lipinski definition) is 1. The average Bonchev–Trinajstić information content (AvgIpc) is 2.43. The molecule has 0 radical (unpaired) electrons. The van der Waals surface area contributed by atoms with Gasteiger partial charge in [0.05, 0.1) is 4.47 Å². The molecule has 1 N–H and O–H groups in total. The lowest BCUT2D eigenvalue weighted by atomic mass is 10.2. The number of ether oxygens (including phenoxy) is 1. The monoisotopic (exact) mass is 352 g/mol. The molecule has 0 fully saturated rings. The molecule has 3 nitrogen and oxygen atoms in total. The molecule has 0 aliphatic rings. The van der Waals surface area contributed by atoms with Gasteiger partial charge < -0.3 is 10.1 Å².